The lowest BCUT2D eigenvalue weighted by Crippen LogP contribution is -2.26. The lowest BCUT2D eigenvalue weighted by atomic mass is 10.1. The normalized spacial score (nSPS) is 10.4. The average molecular weight is 287 g/mol. The highest BCUT2D eigenvalue weighted by Crippen LogP contribution is 2.19. The number of amides is 1. The third-order valence-corrected chi connectivity index (χ3v) is 2.55. The van der Waals surface area contributed by atoms with Gasteiger partial charge in [-0.1, -0.05) is 6.92 Å². The van der Waals surface area contributed by atoms with E-state index in [2.05, 4.69) is 5.32 Å². The predicted octanol–water partition coefficient (Wildman–Crippen LogP) is 1.80. The van der Waals surface area contributed by atoms with Gasteiger partial charge >= 0.3 is 0 Å². The van der Waals surface area contributed by atoms with Gasteiger partial charge in [0.2, 0.25) is 0 Å². The Bertz CT molecular complexity index is 432. The Morgan fingerprint density at radius 2 is 1.95 bits per heavy atom. The van der Waals surface area contributed by atoms with Crippen molar-refractivity contribution in [1.82, 2.24) is 5.32 Å². The smallest absolute Gasteiger partial charge is 0.251 e. The molecule has 5 nitrogen and oxygen atoms in total. The summed E-state index contributed by atoms with van der Waals surface area (Å²) >= 11 is 0. The van der Waals surface area contributed by atoms with Crippen LogP contribution in [-0.2, 0) is 4.74 Å². The molecule has 112 valence electrons. The lowest BCUT2D eigenvalue weighted by molar-refractivity contribution is 0.0940. The molecule has 0 aliphatic carbocycles. The van der Waals surface area contributed by atoms with Crippen LogP contribution in [0.3, 0.4) is 0 Å². The number of ether oxygens (including phenoxy) is 1. The number of halogens is 2. The van der Waals surface area contributed by atoms with Gasteiger partial charge in [-0.15, -0.1) is 0 Å². The summed E-state index contributed by atoms with van der Waals surface area (Å²) in [7, 11) is 0. The molecule has 1 amide bonds. The minimum Gasteiger partial charge on any atom is -0.381 e. The second-order valence-electron chi connectivity index (χ2n) is 4.18. The minimum absolute atomic E-state index is 0.0894. The van der Waals surface area contributed by atoms with Crippen molar-refractivity contribution in [2.75, 3.05) is 25.2 Å². The molecule has 0 aromatic heterocycles. The van der Waals surface area contributed by atoms with Crippen molar-refractivity contribution in [3.8, 4) is 0 Å². The molecule has 1 aromatic carbocycles. The molecule has 0 unspecified atom stereocenters. The van der Waals surface area contributed by atoms with E-state index in [1.54, 1.807) is 0 Å². The molecule has 20 heavy (non-hydrogen) atoms. The number of rotatable bonds is 8. The first-order valence-corrected chi connectivity index (χ1v) is 6.41. The molecule has 0 spiro atoms. The van der Waals surface area contributed by atoms with E-state index in [9.17, 15) is 13.6 Å². The van der Waals surface area contributed by atoms with E-state index in [1.807, 2.05) is 12.3 Å². The van der Waals surface area contributed by atoms with Gasteiger partial charge in [0.25, 0.3) is 5.91 Å². The standard InChI is InChI=1S/C13H19F2N3O2/c1-2-5-20-6-3-4-17-13(19)9-7-10(14)12(18-16)11(15)8-9/h7-8,18H,2-6,16H2,1H3,(H,17,19). The van der Waals surface area contributed by atoms with Crippen molar-refractivity contribution in [2.45, 2.75) is 19.8 Å². The Morgan fingerprint density at radius 1 is 1.30 bits per heavy atom. The highest BCUT2D eigenvalue weighted by Gasteiger charge is 2.14. The van der Waals surface area contributed by atoms with Crippen molar-refractivity contribution >= 4 is 11.6 Å². The summed E-state index contributed by atoms with van der Waals surface area (Å²) in [6.45, 7) is 3.60. The molecule has 0 bridgehead atoms. The van der Waals surface area contributed by atoms with E-state index in [4.69, 9.17) is 10.6 Å². The number of anilines is 1. The largest absolute Gasteiger partial charge is 0.381 e. The van der Waals surface area contributed by atoms with E-state index in [0.29, 0.717) is 26.2 Å². The number of nitrogens with one attached hydrogen (secondary N) is 2. The molecule has 0 aliphatic heterocycles. The number of nitrogens with two attached hydrogens (primary N) is 1. The van der Waals surface area contributed by atoms with E-state index >= 15 is 0 Å². The molecule has 0 saturated carbocycles. The van der Waals surface area contributed by atoms with Gasteiger partial charge in [-0.25, -0.2) is 8.78 Å². The lowest BCUT2D eigenvalue weighted by Gasteiger charge is -2.08. The Balaban J connectivity index is 2.48. The molecular weight excluding hydrogens is 268 g/mol. The van der Waals surface area contributed by atoms with Gasteiger partial charge in [0.1, 0.15) is 5.69 Å². The number of hydrazine groups is 1. The van der Waals surface area contributed by atoms with Crippen LogP contribution < -0.4 is 16.6 Å². The molecule has 4 N–H and O–H groups in total. The molecule has 1 aromatic rings. The van der Waals surface area contributed by atoms with Gasteiger partial charge < -0.3 is 15.5 Å². The average Bonchev–Trinajstić information content (AvgIpc) is 2.42. The quantitative estimate of drug-likeness (QED) is 0.387. The minimum atomic E-state index is -0.913. The van der Waals surface area contributed by atoms with Crippen LogP contribution in [0, 0.1) is 11.6 Å². The zero-order valence-corrected chi connectivity index (χ0v) is 11.3. The van der Waals surface area contributed by atoms with E-state index in [0.717, 1.165) is 18.6 Å². The van der Waals surface area contributed by atoms with Crippen molar-refractivity contribution in [2.24, 2.45) is 5.84 Å². The fourth-order valence-electron chi connectivity index (χ4n) is 1.57. The monoisotopic (exact) mass is 287 g/mol. The second kappa shape index (κ2) is 8.44. The second-order valence-corrected chi connectivity index (χ2v) is 4.18. The van der Waals surface area contributed by atoms with Crippen molar-refractivity contribution in [3.63, 3.8) is 0 Å². The summed E-state index contributed by atoms with van der Waals surface area (Å²) in [6.07, 6.45) is 1.57. The topological polar surface area (TPSA) is 76.4 Å². The first kappa shape index (κ1) is 16.3. The van der Waals surface area contributed by atoms with Crippen LogP contribution in [0.25, 0.3) is 0 Å². The maximum Gasteiger partial charge on any atom is 0.251 e. The van der Waals surface area contributed by atoms with Crippen molar-refractivity contribution in [1.29, 1.82) is 0 Å². The molecule has 0 saturated heterocycles. The summed E-state index contributed by atoms with van der Waals surface area (Å²) in [4.78, 5) is 11.7. The number of hydrogen-bond acceptors (Lipinski definition) is 4. The van der Waals surface area contributed by atoms with Crippen LogP contribution in [0.4, 0.5) is 14.5 Å². The SMILES string of the molecule is CCCOCCCNC(=O)c1cc(F)c(NN)c(F)c1. The molecule has 7 heteroatoms. The molecule has 0 heterocycles. The zero-order valence-electron chi connectivity index (χ0n) is 11.3. The van der Waals surface area contributed by atoms with Gasteiger partial charge in [0, 0.05) is 25.3 Å². The van der Waals surface area contributed by atoms with E-state index in [1.165, 1.54) is 0 Å². The van der Waals surface area contributed by atoms with Crippen molar-refractivity contribution in [3.05, 3.63) is 29.3 Å². The Labute approximate surface area is 116 Å². The van der Waals surface area contributed by atoms with Gasteiger partial charge in [0.05, 0.1) is 0 Å². The zero-order chi connectivity index (χ0) is 15.0. The van der Waals surface area contributed by atoms with Crippen LogP contribution in [0.1, 0.15) is 30.1 Å². The highest BCUT2D eigenvalue weighted by molar-refractivity contribution is 5.94. The summed E-state index contributed by atoms with van der Waals surface area (Å²) in [5.74, 6) is 2.61. The Kier molecular flexibility index (Phi) is 6.89. The van der Waals surface area contributed by atoms with E-state index < -0.39 is 23.2 Å². The molecule has 1 rings (SSSR count). The van der Waals surface area contributed by atoms with Gasteiger partial charge in [-0.3, -0.25) is 10.6 Å². The van der Waals surface area contributed by atoms with Crippen LogP contribution in [0.5, 0.6) is 0 Å². The summed E-state index contributed by atoms with van der Waals surface area (Å²) < 4.78 is 32.1. The molecular formula is C13H19F2N3O2. The van der Waals surface area contributed by atoms with Gasteiger partial charge in [-0.2, -0.15) is 0 Å². The van der Waals surface area contributed by atoms with Crippen LogP contribution in [-0.4, -0.2) is 25.7 Å². The van der Waals surface area contributed by atoms with E-state index in [-0.39, 0.29) is 5.56 Å². The fourth-order valence-corrected chi connectivity index (χ4v) is 1.57. The number of carbonyl (C=O) groups is 1. The fraction of sp³-hybridized carbons (Fsp3) is 0.462. The first-order valence-electron chi connectivity index (χ1n) is 6.41. The number of hydrogen-bond donors (Lipinski definition) is 3. The summed E-state index contributed by atoms with van der Waals surface area (Å²) in [5, 5.41) is 2.56. The maximum absolute atomic E-state index is 13.4. The molecule has 0 atom stereocenters. The van der Waals surface area contributed by atoms with Crippen LogP contribution in [0.2, 0.25) is 0 Å². The van der Waals surface area contributed by atoms with Gasteiger partial charge in [-0.05, 0) is 25.0 Å². The third-order valence-electron chi connectivity index (χ3n) is 2.55. The Hall–Kier alpha value is -1.73. The summed E-state index contributed by atoms with van der Waals surface area (Å²) in [6, 6.07) is 1.86. The highest BCUT2D eigenvalue weighted by atomic mass is 19.1. The Morgan fingerprint density at radius 3 is 2.50 bits per heavy atom. The number of nitrogen functional groups attached to an aromatic ring is 1. The molecule has 0 radical (unpaired) electrons. The van der Waals surface area contributed by atoms with Crippen molar-refractivity contribution < 1.29 is 18.3 Å². The molecule has 0 aliphatic rings. The van der Waals surface area contributed by atoms with Gasteiger partial charge in [0.15, 0.2) is 11.6 Å². The maximum atomic E-state index is 13.4. The molecule has 0 fully saturated rings. The summed E-state index contributed by atoms with van der Waals surface area (Å²) in [5.41, 5.74) is 1.35. The predicted molar refractivity (Wildman–Crippen MR) is 72.2 cm³/mol. The number of benzene rings is 1. The van der Waals surface area contributed by atoms with Crippen LogP contribution >= 0.6 is 0 Å². The first-order chi connectivity index (χ1) is 9.60. The van der Waals surface area contributed by atoms with Crippen LogP contribution in [0.15, 0.2) is 12.1 Å². The number of carbonyl (C=O) groups excluding carboxylic acids is 1. The third kappa shape index (κ3) is 4.75.